The zero-order chi connectivity index (χ0) is 26.9. The minimum absolute atomic E-state index is 0.0806. The van der Waals surface area contributed by atoms with Crippen molar-refractivity contribution in [3.05, 3.63) is 106 Å². The van der Waals surface area contributed by atoms with Gasteiger partial charge in [-0.05, 0) is 49.2 Å². The number of aryl methyl sites for hydroxylation is 1. The van der Waals surface area contributed by atoms with E-state index < -0.39 is 12.1 Å². The highest BCUT2D eigenvalue weighted by Crippen LogP contribution is 2.17. The summed E-state index contributed by atoms with van der Waals surface area (Å²) in [5, 5.41) is 13.3. The Morgan fingerprint density at radius 2 is 1.74 bits per heavy atom. The zero-order valence-electron chi connectivity index (χ0n) is 21.7. The van der Waals surface area contributed by atoms with Crippen molar-refractivity contribution in [2.45, 2.75) is 39.0 Å². The molecule has 4 rings (SSSR count). The maximum Gasteiger partial charge on any atom is 0.261 e. The summed E-state index contributed by atoms with van der Waals surface area (Å²) in [6.07, 6.45) is -0.315. The van der Waals surface area contributed by atoms with Gasteiger partial charge in [0.15, 0.2) is 0 Å². The van der Waals surface area contributed by atoms with Crippen LogP contribution in [0.3, 0.4) is 0 Å². The van der Waals surface area contributed by atoms with E-state index in [0.717, 1.165) is 11.1 Å². The maximum absolute atomic E-state index is 13.0. The third kappa shape index (κ3) is 6.65. The lowest BCUT2D eigenvalue weighted by Crippen LogP contribution is -2.41. The molecule has 0 radical (unpaired) electrons. The predicted molar refractivity (Wildman–Crippen MR) is 146 cm³/mol. The van der Waals surface area contributed by atoms with E-state index in [1.54, 1.807) is 10.6 Å². The molecule has 4 aromatic rings. The molecule has 0 fully saturated rings. The first kappa shape index (κ1) is 27.0. The number of fused-ring (bicyclic) bond motifs is 1. The average Bonchev–Trinajstić information content (AvgIpc) is 2.94. The van der Waals surface area contributed by atoms with Gasteiger partial charge >= 0.3 is 0 Å². The van der Waals surface area contributed by atoms with Gasteiger partial charge in [-0.15, -0.1) is 0 Å². The Labute approximate surface area is 221 Å². The van der Waals surface area contributed by atoms with Crippen LogP contribution in [0.5, 0.6) is 5.75 Å². The number of aliphatic hydroxyl groups is 1. The maximum atomic E-state index is 13.0. The van der Waals surface area contributed by atoms with Crippen LogP contribution in [0.25, 0.3) is 10.9 Å². The second kappa shape index (κ2) is 13.0. The van der Waals surface area contributed by atoms with Crippen molar-refractivity contribution in [1.29, 1.82) is 0 Å². The van der Waals surface area contributed by atoms with Crippen LogP contribution in [-0.4, -0.2) is 46.5 Å². The average molecular weight is 516 g/mol. The third-order valence-electron chi connectivity index (χ3n) is 6.34. The summed E-state index contributed by atoms with van der Waals surface area (Å²) in [6, 6.07) is 23.6. The van der Waals surface area contributed by atoms with Gasteiger partial charge in [-0.1, -0.05) is 54.6 Å². The predicted octanol–water partition coefficient (Wildman–Crippen LogP) is 3.58. The fraction of sp³-hybridized carbons (Fsp3) is 0.300. The van der Waals surface area contributed by atoms with Gasteiger partial charge in [-0.2, -0.15) is 0 Å². The second-order valence-corrected chi connectivity index (χ2v) is 8.93. The summed E-state index contributed by atoms with van der Waals surface area (Å²) in [5.74, 6) is 1.03. The van der Waals surface area contributed by atoms with Crippen LogP contribution in [0.1, 0.15) is 29.9 Å². The molecule has 0 saturated heterocycles. The van der Waals surface area contributed by atoms with E-state index in [-0.39, 0.29) is 18.1 Å². The van der Waals surface area contributed by atoms with Gasteiger partial charge < -0.3 is 19.9 Å². The highest BCUT2D eigenvalue weighted by molar-refractivity contribution is 5.81. The summed E-state index contributed by atoms with van der Waals surface area (Å²) < 4.78 is 13.2. The monoisotopic (exact) mass is 515 g/mol. The molecular weight excluding hydrogens is 482 g/mol. The van der Waals surface area contributed by atoms with E-state index in [4.69, 9.17) is 9.47 Å². The van der Waals surface area contributed by atoms with Gasteiger partial charge in [0.2, 0.25) is 5.91 Å². The van der Waals surface area contributed by atoms with Crippen LogP contribution in [0.15, 0.2) is 83.7 Å². The fourth-order valence-electron chi connectivity index (χ4n) is 4.35. The van der Waals surface area contributed by atoms with Crippen molar-refractivity contribution >= 4 is 16.8 Å². The normalized spacial score (nSPS) is 12.7. The Morgan fingerprint density at radius 1 is 1.03 bits per heavy atom. The number of rotatable bonds is 12. The molecule has 0 spiro atoms. The van der Waals surface area contributed by atoms with E-state index >= 15 is 0 Å². The van der Waals surface area contributed by atoms with Crippen LogP contribution < -0.4 is 15.6 Å². The molecule has 0 saturated carbocycles. The minimum Gasteiger partial charge on any atom is -0.492 e. The first-order valence-corrected chi connectivity index (χ1v) is 12.8. The van der Waals surface area contributed by atoms with Crippen molar-refractivity contribution < 1.29 is 19.4 Å². The number of nitrogens with zero attached hydrogens (tertiary/aromatic N) is 2. The van der Waals surface area contributed by atoms with E-state index in [1.165, 1.54) is 0 Å². The summed E-state index contributed by atoms with van der Waals surface area (Å²) in [6.45, 7) is 4.53. The standard InChI is InChI=1S/C30H33N3O5/c1-3-37-28(29(35)32-27(20-34)23-9-5-4-6-10-23)19-22-13-15-24(16-14-22)38-18-17-33-21(2)31-26-12-8-7-11-25(26)30(33)36/h4-16,27-28,34H,3,17-20H2,1-2H3,(H,32,35)/t27-,28+/m1/s1. The number of hydrogen-bond acceptors (Lipinski definition) is 6. The number of carbonyl (C=O) groups excluding carboxylic acids is 1. The highest BCUT2D eigenvalue weighted by Gasteiger charge is 2.23. The Bertz CT molecular complexity index is 1400. The van der Waals surface area contributed by atoms with Gasteiger partial charge in [-0.3, -0.25) is 14.2 Å². The van der Waals surface area contributed by atoms with Crippen LogP contribution in [-0.2, 0) is 22.5 Å². The van der Waals surface area contributed by atoms with Crippen molar-refractivity contribution in [2.75, 3.05) is 19.8 Å². The van der Waals surface area contributed by atoms with Crippen LogP contribution in [0.2, 0.25) is 0 Å². The van der Waals surface area contributed by atoms with Crippen molar-refractivity contribution in [2.24, 2.45) is 0 Å². The van der Waals surface area contributed by atoms with Crippen LogP contribution >= 0.6 is 0 Å². The number of para-hydroxylation sites is 1. The number of aromatic nitrogens is 2. The first-order chi connectivity index (χ1) is 18.5. The topological polar surface area (TPSA) is 103 Å². The van der Waals surface area contributed by atoms with E-state index in [9.17, 15) is 14.7 Å². The molecule has 0 aliphatic rings. The molecule has 0 aliphatic heterocycles. The SMILES string of the molecule is CCO[C@@H](Cc1ccc(OCCn2c(C)nc3ccccc3c2=O)cc1)C(=O)N[C@H](CO)c1ccccc1. The Balaban J connectivity index is 1.35. The molecule has 1 aromatic heterocycles. The number of ether oxygens (including phenoxy) is 2. The summed E-state index contributed by atoms with van der Waals surface area (Å²) in [7, 11) is 0. The molecule has 198 valence electrons. The van der Waals surface area contributed by atoms with Crippen molar-refractivity contribution in [3.8, 4) is 5.75 Å². The second-order valence-electron chi connectivity index (χ2n) is 8.93. The van der Waals surface area contributed by atoms with E-state index in [0.29, 0.717) is 48.7 Å². The summed E-state index contributed by atoms with van der Waals surface area (Å²) >= 11 is 0. The van der Waals surface area contributed by atoms with Crippen molar-refractivity contribution in [3.63, 3.8) is 0 Å². The van der Waals surface area contributed by atoms with Crippen LogP contribution in [0.4, 0.5) is 0 Å². The van der Waals surface area contributed by atoms with E-state index in [1.807, 2.05) is 86.6 Å². The summed E-state index contributed by atoms with van der Waals surface area (Å²) in [5.41, 5.74) is 2.35. The number of benzene rings is 3. The van der Waals surface area contributed by atoms with Gasteiger partial charge in [0.05, 0.1) is 30.1 Å². The van der Waals surface area contributed by atoms with Gasteiger partial charge in [-0.25, -0.2) is 4.98 Å². The molecule has 8 heteroatoms. The number of amides is 1. The first-order valence-electron chi connectivity index (χ1n) is 12.8. The van der Waals surface area contributed by atoms with Crippen LogP contribution in [0, 0.1) is 6.92 Å². The molecule has 3 aromatic carbocycles. The Kier molecular flexibility index (Phi) is 9.24. The Morgan fingerprint density at radius 3 is 2.45 bits per heavy atom. The largest absolute Gasteiger partial charge is 0.492 e. The quantitative estimate of drug-likeness (QED) is 0.299. The van der Waals surface area contributed by atoms with Gasteiger partial charge in [0.1, 0.15) is 24.3 Å². The Hall–Kier alpha value is -4.01. The molecule has 1 heterocycles. The molecule has 0 bridgehead atoms. The third-order valence-corrected chi connectivity index (χ3v) is 6.34. The van der Waals surface area contributed by atoms with Gasteiger partial charge in [0, 0.05) is 13.0 Å². The molecule has 0 unspecified atom stereocenters. The zero-order valence-corrected chi connectivity index (χ0v) is 21.7. The lowest BCUT2D eigenvalue weighted by atomic mass is 10.0. The summed E-state index contributed by atoms with van der Waals surface area (Å²) in [4.78, 5) is 30.3. The molecule has 1 amide bonds. The molecule has 2 N–H and O–H groups in total. The number of hydrogen-bond donors (Lipinski definition) is 2. The number of nitrogens with one attached hydrogen (secondary N) is 1. The number of aliphatic hydroxyl groups excluding tert-OH is 1. The minimum atomic E-state index is -0.695. The lowest BCUT2D eigenvalue weighted by Gasteiger charge is -2.22. The molecule has 38 heavy (non-hydrogen) atoms. The molecule has 8 nitrogen and oxygen atoms in total. The smallest absolute Gasteiger partial charge is 0.261 e. The molecule has 0 aliphatic carbocycles. The number of carbonyl (C=O) groups is 1. The van der Waals surface area contributed by atoms with Gasteiger partial charge in [0.25, 0.3) is 5.56 Å². The fourth-order valence-corrected chi connectivity index (χ4v) is 4.35. The molecular formula is C30H33N3O5. The lowest BCUT2D eigenvalue weighted by molar-refractivity contribution is -0.133. The van der Waals surface area contributed by atoms with Crippen molar-refractivity contribution in [1.82, 2.24) is 14.9 Å². The molecule has 2 atom stereocenters. The highest BCUT2D eigenvalue weighted by atomic mass is 16.5. The van der Waals surface area contributed by atoms with E-state index in [2.05, 4.69) is 10.3 Å².